The zero-order valence-corrected chi connectivity index (χ0v) is 13.1. The zero-order chi connectivity index (χ0) is 16.9. The number of nitrogens with zero attached hydrogens (tertiary/aromatic N) is 2. The summed E-state index contributed by atoms with van der Waals surface area (Å²) in [7, 11) is 0. The van der Waals surface area contributed by atoms with Crippen molar-refractivity contribution in [2.24, 2.45) is 0 Å². The van der Waals surface area contributed by atoms with Gasteiger partial charge < -0.3 is 4.42 Å². The van der Waals surface area contributed by atoms with Gasteiger partial charge in [-0.15, -0.1) is 5.10 Å². The topological polar surface area (TPSA) is 68.0 Å². The SMILES string of the molecule is CCc1ccc(CC(=O)Nc2nnc(-c3ccc(F)cc3)o2)cc1. The minimum Gasteiger partial charge on any atom is -0.403 e. The maximum Gasteiger partial charge on any atom is 0.322 e. The minimum atomic E-state index is -0.346. The van der Waals surface area contributed by atoms with Gasteiger partial charge in [0.2, 0.25) is 11.8 Å². The third-order valence-corrected chi connectivity index (χ3v) is 3.56. The van der Waals surface area contributed by atoms with Crippen LogP contribution in [0.25, 0.3) is 11.5 Å². The molecule has 0 aliphatic heterocycles. The fraction of sp³-hybridized carbons (Fsp3) is 0.167. The molecule has 24 heavy (non-hydrogen) atoms. The molecule has 3 aromatic rings. The summed E-state index contributed by atoms with van der Waals surface area (Å²) in [6, 6.07) is 13.5. The van der Waals surface area contributed by atoms with E-state index in [9.17, 15) is 9.18 Å². The van der Waals surface area contributed by atoms with Gasteiger partial charge >= 0.3 is 6.01 Å². The monoisotopic (exact) mass is 325 g/mol. The van der Waals surface area contributed by atoms with Crippen molar-refractivity contribution in [3.05, 3.63) is 65.5 Å². The summed E-state index contributed by atoms with van der Waals surface area (Å²) in [4.78, 5) is 12.0. The first-order chi connectivity index (χ1) is 11.6. The molecule has 0 spiro atoms. The van der Waals surface area contributed by atoms with Crippen LogP contribution in [0.1, 0.15) is 18.1 Å². The molecule has 0 aliphatic rings. The highest BCUT2D eigenvalue weighted by atomic mass is 19.1. The van der Waals surface area contributed by atoms with E-state index in [0.717, 1.165) is 12.0 Å². The highest BCUT2D eigenvalue weighted by Gasteiger charge is 2.12. The predicted molar refractivity (Wildman–Crippen MR) is 87.8 cm³/mol. The fourth-order valence-electron chi connectivity index (χ4n) is 2.22. The molecule has 0 radical (unpaired) electrons. The molecule has 1 amide bonds. The van der Waals surface area contributed by atoms with Crippen molar-refractivity contribution in [1.82, 2.24) is 10.2 Å². The van der Waals surface area contributed by atoms with Crippen molar-refractivity contribution in [3.63, 3.8) is 0 Å². The van der Waals surface area contributed by atoms with E-state index < -0.39 is 0 Å². The normalized spacial score (nSPS) is 10.6. The van der Waals surface area contributed by atoms with E-state index in [1.807, 2.05) is 24.3 Å². The molecule has 1 N–H and O–H groups in total. The van der Waals surface area contributed by atoms with Crippen molar-refractivity contribution >= 4 is 11.9 Å². The van der Waals surface area contributed by atoms with E-state index >= 15 is 0 Å². The van der Waals surface area contributed by atoms with Crippen LogP contribution in [0.5, 0.6) is 0 Å². The van der Waals surface area contributed by atoms with Gasteiger partial charge in [0.25, 0.3) is 0 Å². The summed E-state index contributed by atoms with van der Waals surface area (Å²) in [6.45, 7) is 2.08. The molecule has 0 atom stereocenters. The number of anilines is 1. The average molecular weight is 325 g/mol. The number of hydrogen-bond donors (Lipinski definition) is 1. The van der Waals surface area contributed by atoms with Gasteiger partial charge in [0.1, 0.15) is 5.82 Å². The molecule has 1 aromatic heterocycles. The largest absolute Gasteiger partial charge is 0.403 e. The van der Waals surface area contributed by atoms with E-state index in [1.165, 1.54) is 29.8 Å². The Hall–Kier alpha value is -3.02. The van der Waals surface area contributed by atoms with Gasteiger partial charge in [0.15, 0.2) is 0 Å². The lowest BCUT2D eigenvalue weighted by Crippen LogP contribution is -2.14. The number of hydrogen-bond acceptors (Lipinski definition) is 4. The van der Waals surface area contributed by atoms with Crippen LogP contribution in [0.4, 0.5) is 10.4 Å². The Morgan fingerprint density at radius 1 is 1.04 bits per heavy atom. The second-order valence-electron chi connectivity index (χ2n) is 5.31. The van der Waals surface area contributed by atoms with E-state index in [2.05, 4.69) is 22.4 Å². The first kappa shape index (κ1) is 15.9. The van der Waals surface area contributed by atoms with Crippen LogP contribution in [-0.2, 0) is 17.6 Å². The molecule has 5 nitrogen and oxygen atoms in total. The maximum absolute atomic E-state index is 12.9. The highest BCUT2D eigenvalue weighted by molar-refractivity contribution is 5.90. The quantitative estimate of drug-likeness (QED) is 0.778. The first-order valence-electron chi connectivity index (χ1n) is 7.61. The molecular weight excluding hydrogens is 309 g/mol. The van der Waals surface area contributed by atoms with Gasteiger partial charge in [-0.25, -0.2) is 4.39 Å². The molecule has 6 heteroatoms. The lowest BCUT2D eigenvalue weighted by atomic mass is 10.1. The van der Waals surface area contributed by atoms with E-state index in [0.29, 0.717) is 5.56 Å². The number of amides is 1. The Labute approximate surface area is 138 Å². The Balaban J connectivity index is 1.63. The Morgan fingerprint density at radius 2 is 1.71 bits per heavy atom. The maximum atomic E-state index is 12.9. The van der Waals surface area contributed by atoms with Gasteiger partial charge in [-0.05, 0) is 41.8 Å². The van der Waals surface area contributed by atoms with E-state index in [1.54, 1.807) is 0 Å². The lowest BCUT2D eigenvalue weighted by molar-refractivity contribution is -0.115. The molecular formula is C18H16FN3O2. The standard InChI is InChI=1S/C18H16FN3O2/c1-2-12-3-5-13(6-4-12)11-16(23)20-18-22-21-17(24-18)14-7-9-15(19)10-8-14/h3-10H,2,11H2,1H3,(H,20,22,23). The van der Waals surface area contributed by atoms with Gasteiger partial charge in [0, 0.05) is 5.56 Å². The number of carbonyl (C=O) groups excluding carboxylic acids is 1. The van der Waals surface area contributed by atoms with Crippen molar-refractivity contribution in [1.29, 1.82) is 0 Å². The number of halogens is 1. The fourth-order valence-corrected chi connectivity index (χ4v) is 2.22. The summed E-state index contributed by atoms with van der Waals surface area (Å²) in [5.41, 5.74) is 2.71. The minimum absolute atomic E-state index is 0.0181. The van der Waals surface area contributed by atoms with Crippen LogP contribution in [0.15, 0.2) is 52.9 Å². The second kappa shape index (κ2) is 7.04. The number of aryl methyl sites for hydroxylation is 1. The summed E-state index contributed by atoms with van der Waals surface area (Å²) in [6.07, 6.45) is 1.18. The molecule has 0 unspecified atom stereocenters. The smallest absolute Gasteiger partial charge is 0.322 e. The van der Waals surface area contributed by atoms with Crippen LogP contribution in [0.2, 0.25) is 0 Å². The van der Waals surface area contributed by atoms with E-state index in [-0.39, 0.29) is 30.1 Å². The number of nitrogens with one attached hydrogen (secondary N) is 1. The first-order valence-corrected chi connectivity index (χ1v) is 7.61. The molecule has 0 fully saturated rings. The molecule has 122 valence electrons. The van der Waals surface area contributed by atoms with Crippen molar-refractivity contribution < 1.29 is 13.6 Å². The van der Waals surface area contributed by atoms with Crippen molar-refractivity contribution in [2.75, 3.05) is 5.32 Å². The van der Waals surface area contributed by atoms with Crippen LogP contribution in [0.3, 0.4) is 0 Å². The number of carbonyl (C=O) groups is 1. The van der Waals surface area contributed by atoms with Crippen molar-refractivity contribution in [2.45, 2.75) is 19.8 Å². The third-order valence-electron chi connectivity index (χ3n) is 3.56. The van der Waals surface area contributed by atoms with Gasteiger partial charge in [0.05, 0.1) is 6.42 Å². The summed E-state index contributed by atoms with van der Waals surface area (Å²) in [5, 5.41) is 10.2. The second-order valence-corrected chi connectivity index (χ2v) is 5.31. The Kier molecular flexibility index (Phi) is 4.65. The van der Waals surface area contributed by atoms with Gasteiger partial charge in [-0.3, -0.25) is 10.1 Å². The van der Waals surface area contributed by atoms with Crippen LogP contribution in [-0.4, -0.2) is 16.1 Å². The van der Waals surface area contributed by atoms with E-state index in [4.69, 9.17) is 4.42 Å². The number of benzene rings is 2. The summed E-state index contributed by atoms with van der Waals surface area (Å²) < 4.78 is 18.3. The van der Waals surface area contributed by atoms with Crippen molar-refractivity contribution in [3.8, 4) is 11.5 Å². The summed E-state index contributed by atoms with van der Waals surface area (Å²) in [5.74, 6) is -0.368. The molecule has 0 bridgehead atoms. The highest BCUT2D eigenvalue weighted by Crippen LogP contribution is 2.20. The van der Waals surface area contributed by atoms with Crippen LogP contribution < -0.4 is 5.32 Å². The third kappa shape index (κ3) is 3.84. The predicted octanol–water partition coefficient (Wildman–Crippen LogP) is 3.62. The molecule has 0 saturated heterocycles. The number of rotatable bonds is 5. The lowest BCUT2D eigenvalue weighted by Gasteiger charge is -2.02. The molecule has 2 aromatic carbocycles. The van der Waals surface area contributed by atoms with Crippen LogP contribution >= 0.6 is 0 Å². The van der Waals surface area contributed by atoms with Crippen LogP contribution in [0, 0.1) is 5.82 Å². The molecule has 0 saturated carbocycles. The summed E-state index contributed by atoms with van der Waals surface area (Å²) >= 11 is 0. The van der Waals surface area contributed by atoms with Gasteiger partial charge in [-0.1, -0.05) is 36.3 Å². The Bertz CT molecular complexity index is 826. The molecule has 1 heterocycles. The zero-order valence-electron chi connectivity index (χ0n) is 13.1. The Morgan fingerprint density at radius 3 is 2.38 bits per heavy atom. The number of aromatic nitrogens is 2. The average Bonchev–Trinajstić information content (AvgIpc) is 3.04. The van der Waals surface area contributed by atoms with Gasteiger partial charge in [-0.2, -0.15) is 0 Å². The molecule has 0 aliphatic carbocycles. The molecule has 3 rings (SSSR count).